The van der Waals surface area contributed by atoms with Gasteiger partial charge in [0, 0.05) is 38.4 Å². The summed E-state index contributed by atoms with van der Waals surface area (Å²) >= 11 is 0. The highest BCUT2D eigenvalue weighted by Crippen LogP contribution is 2.40. The standard InChI is InChI=1S/C34H41N5O4S/c1-6-38-22-30(36-37-38)23-43-33(34(4,5)32(40)17-26-10-9-15-35-19-26)28-14-13-25(3)29(18-28)21-39-20-24(2)16-27-11-7-8-12-31(27)44(39,41)42/h7-15,18-19,22,24,33H,6,16-17,20-21,23H2,1-5H3/t24-,33+/m0/s1. The summed E-state index contributed by atoms with van der Waals surface area (Å²) in [7, 11) is -3.70. The molecule has 0 N–H and O–H groups in total. The van der Waals surface area contributed by atoms with Gasteiger partial charge in [-0.25, -0.2) is 8.42 Å². The third kappa shape index (κ3) is 6.82. The summed E-state index contributed by atoms with van der Waals surface area (Å²) in [6.45, 7) is 11.4. The fraction of sp³-hybridized carbons (Fsp3) is 0.412. The Bertz CT molecular complexity index is 1720. The minimum absolute atomic E-state index is 0.00960. The van der Waals surface area contributed by atoms with Crippen molar-refractivity contribution in [1.29, 1.82) is 0 Å². The van der Waals surface area contributed by atoms with Gasteiger partial charge in [-0.05, 0) is 66.1 Å². The Balaban J connectivity index is 1.48. The Morgan fingerprint density at radius 3 is 2.66 bits per heavy atom. The highest BCUT2D eigenvalue weighted by molar-refractivity contribution is 7.89. The molecule has 3 heterocycles. The first-order valence-corrected chi connectivity index (χ1v) is 16.5. The van der Waals surface area contributed by atoms with Gasteiger partial charge in [-0.1, -0.05) is 68.4 Å². The van der Waals surface area contributed by atoms with Gasteiger partial charge in [0.2, 0.25) is 10.0 Å². The van der Waals surface area contributed by atoms with Crippen molar-refractivity contribution in [3.05, 3.63) is 107 Å². The van der Waals surface area contributed by atoms with Crippen LogP contribution in [-0.2, 0) is 52.1 Å². The lowest BCUT2D eigenvalue weighted by molar-refractivity contribution is -0.137. The maximum atomic E-state index is 13.8. The van der Waals surface area contributed by atoms with Crippen LogP contribution >= 0.6 is 0 Å². The molecule has 2 atom stereocenters. The Hall–Kier alpha value is -3.73. The number of rotatable bonds is 11. The molecule has 0 bridgehead atoms. The molecule has 4 aromatic rings. The van der Waals surface area contributed by atoms with Crippen molar-refractivity contribution in [1.82, 2.24) is 24.3 Å². The molecule has 0 saturated heterocycles. The zero-order chi connectivity index (χ0) is 31.5. The van der Waals surface area contributed by atoms with E-state index in [0.29, 0.717) is 30.1 Å². The number of benzene rings is 2. The average molecular weight is 616 g/mol. The highest BCUT2D eigenvalue weighted by Gasteiger charge is 2.39. The van der Waals surface area contributed by atoms with Crippen LogP contribution in [0, 0.1) is 18.3 Å². The van der Waals surface area contributed by atoms with Crippen molar-refractivity contribution >= 4 is 15.8 Å². The predicted octanol–water partition coefficient (Wildman–Crippen LogP) is 5.48. The van der Waals surface area contributed by atoms with Crippen molar-refractivity contribution in [2.45, 2.75) is 78.2 Å². The molecule has 2 aromatic carbocycles. The van der Waals surface area contributed by atoms with Crippen molar-refractivity contribution in [3.8, 4) is 0 Å². The highest BCUT2D eigenvalue weighted by atomic mass is 32.2. The van der Waals surface area contributed by atoms with Crippen LogP contribution in [0.3, 0.4) is 0 Å². The summed E-state index contributed by atoms with van der Waals surface area (Å²) in [6.07, 6.45) is 5.53. The first-order valence-electron chi connectivity index (χ1n) is 15.1. The maximum Gasteiger partial charge on any atom is 0.243 e. The van der Waals surface area contributed by atoms with E-state index in [1.165, 1.54) is 0 Å². The number of aromatic nitrogens is 4. The minimum Gasteiger partial charge on any atom is -0.366 e. The SMILES string of the molecule is CCn1cc(CO[C@H](c2ccc(C)c(CN3C[C@@H](C)Cc4ccccc4S3(=O)=O)c2)C(C)(C)C(=O)Cc2cccnc2)nn1. The van der Waals surface area contributed by atoms with Gasteiger partial charge in [-0.3, -0.25) is 14.5 Å². The largest absolute Gasteiger partial charge is 0.366 e. The molecule has 0 fully saturated rings. The molecule has 0 unspecified atom stereocenters. The Labute approximate surface area is 260 Å². The molecule has 0 aliphatic carbocycles. The van der Waals surface area contributed by atoms with Crippen molar-refractivity contribution in [2.24, 2.45) is 11.3 Å². The van der Waals surface area contributed by atoms with E-state index in [2.05, 4.69) is 22.2 Å². The molecule has 0 radical (unpaired) electrons. The molecular weight excluding hydrogens is 574 g/mol. The second-order valence-electron chi connectivity index (χ2n) is 12.3. The Kier molecular flexibility index (Phi) is 9.43. The number of sulfonamides is 1. The number of carbonyl (C=O) groups is 1. The van der Waals surface area contributed by atoms with Gasteiger partial charge in [0.05, 0.1) is 29.2 Å². The Morgan fingerprint density at radius 2 is 1.93 bits per heavy atom. The van der Waals surface area contributed by atoms with Crippen LogP contribution in [0.1, 0.15) is 67.3 Å². The van der Waals surface area contributed by atoms with Crippen molar-refractivity contribution in [2.75, 3.05) is 6.54 Å². The number of Topliss-reactive ketones (excluding diaryl/α,β-unsaturated/α-hetero) is 1. The number of fused-ring (bicyclic) bond motifs is 1. The van der Waals surface area contributed by atoms with Crippen LogP contribution in [0.2, 0.25) is 0 Å². The summed E-state index contributed by atoms with van der Waals surface area (Å²) in [5, 5.41) is 8.35. The first-order chi connectivity index (χ1) is 21.0. The average Bonchev–Trinajstić information content (AvgIpc) is 3.43. The normalized spacial score (nSPS) is 17.5. The van der Waals surface area contributed by atoms with Gasteiger partial charge in [-0.15, -0.1) is 5.10 Å². The van der Waals surface area contributed by atoms with E-state index in [0.717, 1.165) is 27.8 Å². The van der Waals surface area contributed by atoms with Gasteiger partial charge in [0.1, 0.15) is 11.5 Å². The third-order valence-corrected chi connectivity index (χ3v) is 10.4. The van der Waals surface area contributed by atoms with E-state index in [-0.39, 0.29) is 31.3 Å². The summed E-state index contributed by atoms with van der Waals surface area (Å²) in [5.41, 5.74) is 4.08. The number of carbonyl (C=O) groups excluding carboxylic acids is 1. The van der Waals surface area contributed by atoms with E-state index in [1.54, 1.807) is 33.5 Å². The number of ketones is 1. The van der Waals surface area contributed by atoms with Crippen LogP contribution in [0.25, 0.3) is 0 Å². The van der Waals surface area contributed by atoms with Gasteiger partial charge >= 0.3 is 0 Å². The van der Waals surface area contributed by atoms with E-state index in [9.17, 15) is 13.2 Å². The molecule has 1 aliphatic rings. The number of pyridine rings is 1. The fourth-order valence-electron chi connectivity index (χ4n) is 5.82. The smallest absolute Gasteiger partial charge is 0.243 e. The molecule has 0 amide bonds. The van der Waals surface area contributed by atoms with E-state index < -0.39 is 21.5 Å². The summed E-state index contributed by atoms with van der Waals surface area (Å²) < 4.78 is 37.5. The summed E-state index contributed by atoms with van der Waals surface area (Å²) in [5.74, 6) is 0.170. The van der Waals surface area contributed by atoms with Crippen LogP contribution in [-0.4, -0.2) is 45.0 Å². The van der Waals surface area contributed by atoms with Gasteiger partial charge in [0.25, 0.3) is 0 Å². The van der Waals surface area contributed by atoms with Crippen LogP contribution in [0.5, 0.6) is 0 Å². The van der Waals surface area contributed by atoms with E-state index in [4.69, 9.17) is 4.74 Å². The Morgan fingerprint density at radius 1 is 1.14 bits per heavy atom. The number of aryl methyl sites for hydroxylation is 2. The number of nitrogens with zero attached hydrogens (tertiary/aromatic N) is 5. The number of hydrogen-bond acceptors (Lipinski definition) is 7. The molecule has 0 saturated carbocycles. The topological polar surface area (TPSA) is 107 Å². The van der Waals surface area contributed by atoms with E-state index in [1.807, 2.05) is 76.4 Å². The van der Waals surface area contributed by atoms with Gasteiger partial charge < -0.3 is 4.74 Å². The molecule has 5 rings (SSSR count). The van der Waals surface area contributed by atoms with E-state index >= 15 is 0 Å². The molecule has 2 aromatic heterocycles. The quantitative estimate of drug-likeness (QED) is 0.220. The molecule has 9 nitrogen and oxygen atoms in total. The zero-order valence-electron chi connectivity index (χ0n) is 26.1. The molecule has 232 valence electrons. The lowest BCUT2D eigenvalue weighted by Gasteiger charge is -2.34. The number of ether oxygens (including phenoxy) is 1. The molecule has 10 heteroatoms. The van der Waals surface area contributed by atoms with Crippen LogP contribution in [0.15, 0.2) is 78.1 Å². The van der Waals surface area contributed by atoms with Crippen LogP contribution in [0.4, 0.5) is 0 Å². The second kappa shape index (κ2) is 13.1. The molecule has 44 heavy (non-hydrogen) atoms. The molecular formula is C34H41N5O4S. The second-order valence-corrected chi connectivity index (χ2v) is 14.2. The molecule has 1 aliphatic heterocycles. The van der Waals surface area contributed by atoms with Crippen LogP contribution < -0.4 is 0 Å². The third-order valence-electron chi connectivity index (χ3n) is 8.47. The maximum absolute atomic E-state index is 13.8. The predicted molar refractivity (Wildman–Crippen MR) is 168 cm³/mol. The van der Waals surface area contributed by atoms with Gasteiger partial charge in [-0.2, -0.15) is 4.31 Å². The van der Waals surface area contributed by atoms with Crippen molar-refractivity contribution in [3.63, 3.8) is 0 Å². The van der Waals surface area contributed by atoms with Crippen molar-refractivity contribution < 1.29 is 17.9 Å². The van der Waals surface area contributed by atoms with Gasteiger partial charge in [0.15, 0.2) is 0 Å². The number of hydrogen-bond donors (Lipinski definition) is 0. The summed E-state index contributed by atoms with van der Waals surface area (Å²) in [6, 6.07) is 17.0. The first kappa shape index (κ1) is 31.7. The lowest BCUT2D eigenvalue weighted by Crippen LogP contribution is -2.35. The molecule has 0 spiro atoms. The summed E-state index contributed by atoms with van der Waals surface area (Å²) in [4.78, 5) is 18.4. The lowest BCUT2D eigenvalue weighted by atomic mass is 9.76. The zero-order valence-corrected chi connectivity index (χ0v) is 26.9. The fourth-order valence-corrected chi connectivity index (χ4v) is 7.60. The minimum atomic E-state index is -3.70. The monoisotopic (exact) mass is 615 g/mol.